The molecule has 1 aliphatic rings. The summed E-state index contributed by atoms with van der Waals surface area (Å²) >= 11 is 0. The van der Waals surface area contributed by atoms with E-state index in [4.69, 9.17) is 0 Å². The third-order valence-corrected chi connectivity index (χ3v) is 4.21. The van der Waals surface area contributed by atoms with E-state index in [-0.39, 0.29) is 5.82 Å². The van der Waals surface area contributed by atoms with Crippen LogP contribution in [0, 0.1) is 18.7 Å². The predicted octanol–water partition coefficient (Wildman–Crippen LogP) is 3.34. The van der Waals surface area contributed by atoms with Gasteiger partial charge in [-0.15, -0.1) is 0 Å². The van der Waals surface area contributed by atoms with Crippen LogP contribution in [0.4, 0.5) is 4.39 Å². The zero-order valence-corrected chi connectivity index (χ0v) is 13.1. The number of benzene rings is 1. The molecule has 1 aromatic carbocycles. The van der Waals surface area contributed by atoms with Gasteiger partial charge in [0.1, 0.15) is 5.82 Å². The second kappa shape index (κ2) is 6.68. The first kappa shape index (κ1) is 15.5. The second-order valence-electron chi connectivity index (χ2n) is 6.58. The number of nitrogens with one attached hydrogen (secondary N) is 1. The summed E-state index contributed by atoms with van der Waals surface area (Å²) < 4.78 is 13.2. The third kappa shape index (κ3) is 4.03. The summed E-state index contributed by atoms with van der Waals surface area (Å²) in [5.74, 6) is 0.576. The molecule has 2 nitrogen and oxygen atoms in total. The third-order valence-electron chi connectivity index (χ3n) is 4.21. The molecule has 2 rings (SSSR count). The lowest BCUT2D eigenvalue weighted by atomic mass is 9.99. The minimum Gasteiger partial charge on any atom is -0.311 e. The Kier molecular flexibility index (Phi) is 5.17. The molecule has 0 radical (unpaired) electrons. The van der Waals surface area contributed by atoms with Crippen molar-refractivity contribution in [3.05, 3.63) is 35.1 Å². The van der Waals surface area contributed by atoms with Gasteiger partial charge in [0.25, 0.3) is 0 Å². The van der Waals surface area contributed by atoms with Crippen LogP contribution in [0.1, 0.15) is 38.3 Å². The van der Waals surface area contributed by atoms with E-state index in [9.17, 15) is 4.39 Å². The van der Waals surface area contributed by atoms with Gasteiger partial charge in [-0.25, -0.2) is 4.39 Å². The Morgan fingerprint density at radius 3 is 2.80 bits per heavy atom. The van der Waals surface area contributed by atoms with E-state index in [1.807, 2.05) is 13.0 Å². The summed E-state index contributed by atoms with van der Waals surface area (Å²) in [6, 6.07) is 6.24. The molecule has 20 heavy (non-hydrogen) atoms. The molecule has 112 valence electrons. The Labute approximate surface area is 122 Å². The minimum absolute atomic E-state index is 0.141. The van der Waals surface area contributed by atoms with Crippen LogP contribution in [0.15, 0.2) is 18.2 Å². The second-order valence-corrected chi connectivity index (χ2v) is 6.58. The zero-order chi connectivity index (χ0) is 14.7. The van der Waals surface area contributed by atoms with Gasteiger partial charge in [-0.2, -0.15) is 0 Å². The van der Waals surface area contributed by atoms with Crippen molar-refractivity contribution in [3.8, 4) is 0 Å². The van der Waals surface area contributed by atoms with E-state index >= 15 is 0 Å². The van der Waals surface area contributed by atoms with E-state index in [1.165, 1.54) is 12.0 Å². The van der Waals surface area contributed by atoms with Crippen LogP contribution in [0.5, 0.6) is 0 Å². The number of halogens is 1. The quantitative estimate of drug-likeness (QED) is 0.908. The van der Waals surface area contributed by atoms with Gasteiger partial charge in [0.15, 0.2) is 0 Å². The molecule has 0 bridgehead atoms. The monoisotopic (exact) mass is 278 g/mol. The molecule has 0 aromatic heterocycles. The van der Waals surface area contributed by atoms with Gasteiger partial charge in [-0.3, -0.25) is 4.90 Å². The molecular weight excluding hydrogens is 251 g/mol. The fourth-order valence-electron chi connectivity index (χ4n) is 3.00. The summed E-state index contributed by atoms with van der Waals surface area (Å²) in [4.78, 5) is 2.52. The lowest BCUT2D eigenvalue weighted by Gasteiger charge is -2.39. The number of piperazine rings is 1. The van der Waals surface area contributed by atoms with Crippen LogP contribution < -0.4 is 5.32 Å². The first-order valence-electron chi connectivity index (χ1n) is 7.68. The van der Waals surface area contributed by atoms with Gasteiger partial charge in [-0.1, -0.05) is 19.9 Å². The molecule has 0 amide bonds. The van der Waals surface area contributed by atoms with E-state index in [0.717, 1.165) is 31.1 Å². The fourth-order valence-corrected chi connectivity index (χ4v) is 3.00. The van der Waals surface area contributed by atoms with E-state index in [1.54, 1.807) is 12.1 Å². The highest BCUT2D eigenvalue weighted by molar-refractivity contribution is 5.26. The van der Waals surface area contributed by atoms with Crippen molar-refractivity contribution in [1.82, 2.24) is 10.2 Å². The first-order valence-corrected chi connectivity index (χ1v) is 7.68. The van der Waals surface area contributed by atoms with Crippen LogP contribution in [-0.4, -0.2) is 30.1 Å². The van der Waals surface area contributed by atoms with E-state index in [2.05, 4.69) is 31.0 Å². The van der Waals surface area contributed by atoms with E-state index in [0.29, 0.717) is 12.1 Å². The van der Waals surface area contributed by atoms with Crippen LogP contribution in [0.25, 0.3) is 0 Å². The van der Waals surface area contributed by atoms with Gasteiger partial charge < -0.3 is 5.32 Å². The summed E-state index contributed by atoms with van der Waals surface area (Å²) in [7, 11) is 0. The summed E-state index contributed by atoms with van der Waals surface area (Å²) in [6.45, 7) is 11.8. The van der Waals surface area contributed by atoms with Crippen molar-refractivity contribution in [2.45, 2.75) is 52.7 Å². The number of rotatable bonds is 4. The van der Waals surface area contributed by atoms with Gasteiger partial charge in [-0.05, 0) is 49.4 Å². The van der Waals surface area contributed by atoms with Crippen LogP contribution in [0.3, 0.4) is 0 Å². The van der Waals surface area contributed by atoms with Gasteiger partial charge in [0, 0.05) is 31.7 Å². The largest absolute Gasteiger partial charge is 0.311 e. The Bertz CT molecular complexity index is 445. The number of hydrogen-bond acceptors (Lipinski definition) is 2. The molecule has 2 atom stereocenters. The highest BCUT2D eigenvalue weighted by Crippen LogP contribution is 2.18. The molecule has 1 saturated heterocycles. The lowest BCUT2D eigenvalue weighted by molar-refractivity contribution is 0.124. The molecule has 2 unspecified atom stereocenters. The van der Waals surface area contributed by atoms with Crippen LogP contribution >= 0.6 is 0 Å². The smallest absolute Gasteiger partial charge is 0.123 e. The van der Waals surface area contributed by atoms with Crippen LogP contribution in [0.2, 0.25) is 0 Å². The average Bonchev–Trinajstić information content (AvgIpc) is 2.36. The summed E-state index contributed by atoms with van der Waals surface area (Å²) in [5, 5.41) is 3.64. The molecule has 1 N–H and O–H groups in total. The van der Waals surface area contributed by atoms with Gasteiger partial charge >= 0.3 is 0 Å². The first-order chi connectivity index (χ1) is 9.45. The van der Waals surface area contributed by atoms with Crippen molar-refractivity contribution in [2.75, 3.05) is 13.1 Å². The Hall–Kier alpha value is -0.930. The van der Waals surface area contributed by atoms with Gasteiger partial charge in [0.05, 0.1) is 0 Å². The molecule has 0 aliphatic carbocycles. The Morgan fingerprint density at radius 1 is 1.40 bits per heavy atom. The van der Waals surface area contributed by atoms with Crippen molar-refractivity contribution in [1.29, 1.82) is 0 Å². The van der Waals surface area contributed by atoms with Crippen molar-refractivity contribution >= 4 is 0 Å². The number of aryl methyl sites for hydroxylation is 1. The average molecular weight is 278 g/mol. The summed E-state index contributed by atoms with van der Waals surface area (Å²) in [6.07, 6.45) is 1.21. The maximum Gasteiger partial charge on any atom is 0.123 e. The zero-order valence-electron chi connectivity index (χ0n) is 13.1. The molecule has 1 aromatic rings. The molecule has 0 spiro atoms. The number of hydrogen-bond donors (Lipinski definition) is 1. The molecular formula is C17H27FN2. The number of nitrogens with zero attached hydrogens (tertiary/aromatic N) is 1. The molecule has 1 heterocycles. The Balaban J connectivity index is 2.02. The highest BCUT2D eigenvalue weighted by atomic mass is 19.1. The standard InChI is InChI=1S/C17H27FN2/c1-12(2)7-17-11-20(14(4)9-19-17)10-15-5-6-16(18)8-13(15)3/h5-6,8,12,14,17,19H,7,9-11H2,1-4H3. The highest BCUT2D eigenvalue weighted by Gasteiger charge is 2.25. The lowest BCUT2D eigenvalue weighted by Crippen LogP contribution is -2.55. The minimum atomic E-state index is -0.141. The van der Waals surface area contributed by atoms with Crippen LogP contribution in [-0.2, 0) is 6.54 Å². The normalized spacial score (nSPS) is 24.3. The molecule has 1 fully saturated rings. The molecule has 0 saturated carbocycles. The predicted molar refractivity (Wildman–Crippen MR) is 82.3 cm³/mol. The topological polar surface area (TPSA) is 15.3 Å². The molecule has 3 heteroatoms. The fraction of sp³-hybridized carbons (Fsp3) is 0.647. The van der Waals surface area contributed by atoms with Crippen molar-refractivity contribution in [3.63, 3.8) is 0 Å². The molecule has 1 aliphatic heterocycles. The Morgan fingerprint density at radius 2 is 2.15 bits per heavy atom. The SMILES string of the molecule is Cc1cc(F)ccc1CN1CC(CC(C)C)NCC1C. The van der Waals surface area contributed by atoms with E-state index < -0.39 is 0 Å². The maximum atomic E-state index is 13.2. The maximum absolute atomic E-state index is 13.2. The van der Waals surface area contributed by atoms with Crippen molar-refractivity contribution in [2.24, 2.45) is 5.92 Å². The summed E-state index contributed by atoms with van der Waals surface area (Å²) in [5.41, 5.74) is 2.29. The van der Waals surface area contributed by atoms with Crippen molar-refractivity contribution < 1.29 is 4.39 Å². The van der Waals surface area contributed by atoms with Gasteiger partial charge in [0.2, 0.25) is 0 Å².